The molecule has 1 aliphatic rings. The highest BCUT2D eigenvalue weighted by molar-refractivity contribution is 6.14. The van der Waals surface area contributed by atoms with Crippen LogP contribution in [-0.4, -0.2) is 12.4 Å². The summed E-state index contributed by atoms with van der Waals surface area (Å²) < 4.78 is 26.8. The summed E-state index contributed by atoms with van der Waals surface area (Å²) in [4.78, 5) is 12.5. The molecule has 6 heteroatoms. The van der Waals surface area contributed by atoms with Gasteiger partial charge in [0.15, 0.2) is 24.7 Å². The minimum atomic E-state index is -0.227. The normalized spacial score (nSPS) is 13.6. The summed E-state index contributed by atoms with van der Waals surface area (Å²) in [6.07, 6.45) is 5.40. The maximum Gasteiger partial charge on any atom is 0.231 e. The molecule has 3 aromatic rings. The number of benzene rings is 2. The van der Waals surface area contributed by atoms with Crippen LogP contribution < -0.4 is 26.4 Å². The Morgan fingerprint density at radius 3 is 2.59 bits per heavy atom. The van der Waals surface area contributed by atoms with E-state index in [2.05, 4.69) is 0 Å². The standard InChI is InChI=1S/C23H19FNO3.ClH/c1-2-27-18-7-8-19-21(14-18)28-22(23(19)26)13-16-9-11-25(12-10-16)15-17-5-3-4-6-20(17)24;/h3-14H,2,15H2,1H3;1H/q+1;/p-1/b22-13-;. The zero-order valence-electron chi connectivity index (χ0n) is 15.8. The maximum absolute atomic E-state index is 13.8. The van der Waals surface area contributed by atoms with Crippen LogP contribution in [0.15, 0.2) is 72.8 Å². The molecule has 1 aromatic heterocycles. The predicted molar refractivity (Wildman–Crippen MR) is 103 cm³/mol. The van der Waals surface area contributed by atoms with Gasteiger partial charge in [-0.25, -0.2) is 8.96 Å². The number of nitrogens with zero attached hydrogens (tertiary/aromatic N) is 1. The Labute approximate surface area is 174 Å². The second-order valence-electron chi connectivity index (χ2n) is 6.43. The van der Waals surface area contributed by atoms with Crippen molar-refractivity contribution in [3.05, 3.63) is 95.3 Å². The van der Waals surface area contributed by atoms with Crippen LogP contribution in [0.3, 0.4) is 0 Å². The molecule has 0 fully saturated rings. The van der Waals surface area contributed by atoms with Gasteiger partial charge in [-0.15, -0.1) is 0 Å². The van der Waals surface area contributed by atoms with E-state index >= 15 is 0 Å². The average molecular weight is 412 g/mol. The van der Waals surface area contributed by atoms with Gasteiger partial charge in [0.2, 0.25) is 5.78 Å². The first-order chi connectivity index (χ1) is 13.6. The fraction of sp³-hybridized carbons (Fsp3) is 0.130. The van der Waals surface area contributed by atoms with Gasteiger partial charge in [0.1, 0.15) is 17.3 Å². The van der Waals surface area contributed by atoms with Crippen molar-refractivity contribution >= 4 is 11.9 Å². The van der Waals surface area contributed by atoms with E-state index in [0.29, 0.717) is 35.8 Å². The number of carbonyl (C=O) groups excluding carboxylic acids is 1. The van der Waals surface area contributed by atoms with E-state index in [0.717, 1.165) is 5.56 Å². The summed E-state index contributed by atoms with van der Waals surface area (Å²) in [5.74, 6) is 1.07. The number of hydrogen-bond acceptors (Lipinski definition) is 3. The van der Waals surface area contributed by atoms with Gasteiger partial charge in [-0.2, -0.15) is 0 Å². The zero-order valence-corrected chi connectivity index (χ0v) is 16.5. The van der Waals surface area contributed by atoms with E-state index in [9.17, 15) is 9.18 Å². The molecule has 1 aliphatic heterocycles. The van der Waals surface area contributed by atoms with E-state index in [1.165, 1.54) is 6.07 Å². The number of ether oxygens (including phenoxy) is 2. The third kappa shape index (κ3) is 4.46. The molecule has 0 aliphatic carbocycles. The van der Waals surface area contributed by atoms with Gasteiger partial charge in [-0.05, 0) is 42.8 Å². The Morgan fingerprint density at radius 1 is 1.10 bits per heavy atom. The van der Waals surface area contributed by atoms with Gasteiger partial charge in [-0.1, -0.05) is 12.1 Å². The second-order valence-corrected chi connectivity index (χ2v) is 6.43. The fourth-order valence-corrected chi connectivity index (χ4v) is 3.07. The van der Waals surface area contributed by atoms with Gasteiger partial charge in [0.25, 0.3) is 0 Å². The van der Waals surface area contributed by atoms with E-state index < -0.39 is 0 Å². The molecular formula is C23H19ClFNO3. The lowest BCUT2D eigenvalue weighted by Gasteiger charge is -2.03. The van der Waals surface area contributed by atoms with E-state index in [-0.39, 0.29) is 29.8 Å². The van der Waals surface area contributed by atoms with Crippen molar-refractivity contribution in [2.24, 2.45) is 0 Å². The van der Waals surface area contributed by atoms with Crippen molar-refractivity contribution < 1.29 is 35.6 Å². The first-order valence-electron chi connectivity index (χ1n) is 9.07. The molecule has 0 radical (unpaired) electrons. The SMILES string of the molecule is CCOc1ccc2c(c1)O/C(=C\c1cc[n+](Cc3ccccc3F)cc1)C2=O.[Cl-]. The minimum absolute atomic E-state index is 0. The first kappa shape index (κ1) is 20.6. The quantitative estimate of drug-likeness (QED) is 0.467. The molecule has 29 heavy (non-hydrogen) atoms. The van der Waals surface area contributed by atoms with Crippen LogP contribution in [0.2, 0.25) is 0 Å². The number of rotatable bonds is 5. The highest BCUT2D eigenvalue weighted by atomic mass is 35.5. The Hall–Kier alpha value is -3.18. The van der Waals surface area contributed by atoms with Crippen LogP contribution in [0.1, 0.15) is 28.4 Å². The van der Waals surface area contributed by atoms with E-state index in [4.69, 9.17) is 9.47 Å². The number of fused-ring (bicyclic) bond motifs is 1. The average Bonchev–Trinajstić information content (AvgIpc) is 3.00. The number of halogens is 2. The lowest BCUT2D eigenvalue weighted by Crippen LogP contribution is -3.00. The van der Waals surface area contributed by atoms with Crippen LogP contribution in [0, 0.1) is 5.82 Å². The number of aromatic nitrogens is 1. The molecule has 0 amide bonds. The number of ketones is 1. The van der Waals surface area contributed by atoms with Crippen LogP contribution in [0.5, 0.6) is 11.5 Å². The summed E-state index contributed by atoms with van der Waals surface area (Å²) in [6, 6.07) is 15.6. The summed E-state index contributed by atoms with van der Waals surface area (Å²) >= 11 is 0. The van der Waals surface area contributed by atoms with Crippen LogP contribution in [-0.2, 0) is 6.54 Å². The van der Waals surface area contributed by atoms with Gasteiger partial charge < -0.3 is 21.9 Å². The number of hydrogen-bond donors (Lipinski definition) is 0. The molecule has 2 aromatic carbocycles. The van der Waals surface area contributed by atoms with Gasteiger partial charge >= 0.3 is 0 Å². The fourth-order valence-electron chi connectivity index (χ4n) is 3.07. The Balaban J connectivity index is 0.00000240. The van der Waals surface area contributed by atoms with Gasteiger partial charge in [-0.3, -0.25) is 4.79 Å². The predicted octanol–water partition coefficient (Wildman–Crippen LogP) is 1.18. The molecule has 148 valence electrons. The Bertz CT molecular complexity index is 1060. The van der Waals surface area contributed by atoms with Crippen molar-refractivity contribution in [3.63, 3.8) is 0 Å². The van der Waals surface area contributed by atoms with Crippen LogP contribution in [0.25, 0.3) is 6.08 Å². The molecule has 0 saturated heterocycles. The molecule has 0 N–H and O–H groups in total. The van der Waals surface area contributed by atoms with Crippen molar-refractivity contribution in [3.8, 4) is 11.5 Å². The minimum Gasteiger partial charge on any atom is -1.00 e. The third-order valence-electron chi connectivity index (χ3n) is 4.48. The molecule has 4 nitrogen and oxygen atoms in total. The molecule has 2 heterocycles. The monoisotopic (exact) mass is 411 g/mol. The highest BCUT2D eigenvalue weighted by Crippen LogP contribution is 2.34. The highest BCUT2D eigenvalue weighted by Gasteiger charge is 2.27. The van der Waals surface area contributed by atoms with Crippen molar-refractivity contribution in [1.29, 1.82) is 0 Å². The molecule has 0 unspecified atom stereocenters. The van der Waals surface area contributed by atoms with Gasteiger partial charge in [0.05, 0.1) is 17.7 Å². The number of allylic oxidation sites excluding steroid dienone is 1. The molecule has 0 spiro atoms. The zero-order chi connectivity index (χ0) is 19.5. The van der Waals surface area contributed by atoms with Crippen molar-refractivity contribution in [2.45, 2.75) is 13.5 Å². The molecule has 4 rings (SSSR count). The lowest BCUT2D eigenvalue weighted by atomic mass is 10.1. The van der Waals surface area contributed by atoms with E-state index in [1.807, 2.05) is 42.1 Å². The topological polar surface area (TPSA) is 39.4 Å². The summed E-state index contributed by atoms with van der Waals surface area (Å²) in [5.41, 5.74) is 1.97. The molecule has 0 atom stereocenters. The maximum atomic E-state index is 13.8. The molecule has 0 bridgehead atoms. The molecular weight excluding hydrogens is 393 g/mol. The first-order valence-corrected chi connectivity index (χ1v) is 9.07. The second kappa shape index (κ2) is 8.88. The van der Waals surface area contributed by atoms with Crippen molar-refractivity contribution in [1.82, 2.24) is 0 Å². The number of carbonyl (C=O) groups is 1. The largest absolute Gasteiger partial charge is 1.00 e. The number of pyridine rings is 1. The Kier molecular flexibility index (Phi) is 6.29. The number of Topliss-reactive ketones (excluding diaryl/α,β-unsaturated/α-hetero) is 1. The summed E-state index contributed by atoms with van der Waals surface area (Å²) in [6.45, 7) is 2.88. The Morgan fingerprint density at radius 2 is 1.86 bits per heavy atom. The van der Waals surface area contributed by atoms with E-state index in [1.54, 1.807) is 36.4 Å². The van der Waals surface area contributed by atoms with Crippen LogP contribution in [0.4, 0.5) is 4.39 Å². The van der Waals surface area contributed by atoms with Crippen LogP contribution >= 0.6 is 0 Å². The van der Waals surface area contributed by atoms with Gasteiger partial charge in [0, 0.05) is 18.2 Å². The summed E-state index contributed by atoms with van der Waals surface area (Å²) in [7, 11) is 0. The van der Waals surface area contributed by atoms with Crippen molar-refractivity contribution in [2.75, 3.05) is 6.61 Å². The summed E-state index contributed by atoms with van der Waals surface area (Å²) in [5, 5.41) is 0. The smallest absolute Gasteiger partial charge is 0.231 e. The third-order valence-corrected chi connectivity index (χ3v) is 4.48. The molecule has 0 saturated carbocycles. The lowest BCUT2D eigenvalue weighted by molar-refractivity contribution is -0.688.